The fourth-order valence-corrected chi connectivity index (χ4v) is 7.80. The molecule has 0 radical (unpaired) electrons. The minimum Gasteiger partial charge on any atom is -0.480 e. The van der Waals surface area contributed by atoms with E-state index in [1.54, 1.807) is 29.8 Å². The summed E-state index contributed by atoms with van der Waals surface area (Å²) in [5, 5.41) is 15.4. The number of nitrogens with zero attached hydrogens (tertiary/aromatic N) is 3. The van der Waals surface area contributed by atoms with E-state index >= 15 is 0 Å². The molecule has 13 nitrogen and oxygen atoms in total. The fourth-order valence-electron chi connectivity index (χ4n) is 7.80. The van der Waals surface area contributed by atoms with E-state index in [1.165, 1.54) is 32.4 Å². The van der Waals surface area contributed by atoms with Crippen LogP contribution in [0.25, 0.3) is 0 Å². The van der Waals surface area contributed by atoms with E-state index in [2.05, 4.69) is 10.6 Å². The highest BCUT2D eigenvalue weighted by molar-refractivity contribution is 5.90. The van der Waals surface area contributed by atoms with Crippen molar-refractivity contribution in [3.05, 3.63) is 35.6 Å². The van der Waals surface area contributed by atoms with Crippen molar-refractivity contribution in [2.45, 2.75) is 123 Å². The predicted octanol–water partition coefficient (Wildman–Crippen LogP) is 3.58. The molecule has 0 aromatic heterocycles. The number of methoxy groups -OCH3 is 2. The maximum absolute atomic E-state index is 14.3. The molecular weight excluding hydrogens is 697 g/mol. The van der Waals surface area contributed by atoms with Gasteiger partial charge in [0.15, 0.2) is 0 Å². The molecule has 1 aromatic carbocycles. The Labute approximate surface area is 321 Å². The van der Waals surface area contributed by atoms with Gasteiger partial charge in [-0.3, -0.25) is 24.1 Å². The Morgan fingerprint density at radius 2 is 1.57 bits per heavy atom. The smallest absolute Gasteiger partial charge is 0.326 e. The molecule has 9 atom stereocenters. The SMILES string of the molecule is CC[C@H](C)[C@@H]([C@@H](CC(=O)N1CCC[C@H]1[C@H](OC)[C@@H](C)C(=O)N[C@@H](Cc1ccccc1F)C(=O)O)OC)N(C)C(=O)[C@@H](NC(=O)[C@H](C(C)C)N(C)C)C(C)C. The molecule has 0 unspecified atom stereocenters. The van der Waals surface area contributed by atoms with Gasteiger partial charge in [0.1, 0.15) is 17.9 Å². The van der Waals surface area contributed by atoms with Gasteiger partial charge in [-0.2, -0.15) is 0 Å². The first-order chi connectivity index (χ1) is 25.3. The molecule has 0 saturated carbocycles. The minimum atomic E-state index is -1.37. The summed E-state index contributed by atoms with van der Waals surface area (Å²) in [5.74, 6) is -4.28. The average molecular weight is 764 g/mol. The molecule has 4 amide bonds. The molecule has 2 rings (SSSR count). The predicted molar refractivity (Wildman–Crippen MR) is 205 cm³/mol. The van der Waals surface area contributed by atoms with Crippen LogP contribution >= 0.6 is 0 Å². The summed E-state index contributed by atoms with van der Waals surface area (Å²) in [6, 6.07) is 2.23. The van der Waals surface area contributed by atoms with Gasteiger partial charge in [-0.1, -0.05) is 73.1 Å². The monoisotopic (exact) mass is 763 g/mol. The number of hydrogen-bond acceptors (Lipinski definition) is 8. The third kappa shape index (κ3) is 11.9. The van der Waals surface area contributed by atoms with Crippen molar-refractivity contribution in [1.29, 1.82) is 0 Å². The van der Waals surface area contributed by atoms with E-state index in [1.807, 2.05) is 60.5 Å². The van der Waals surface area contributed by atoms with Crippen LogP contribution in [0.4, 0.5) is 4.39 Å². The molecular formula is C40H66FN5O8. The van der Waals surface area contributed by atoms with Crippen LogP contribution in [0.15, 0.2) is 24.3 Å². The third-order valence-corrected chi connectivity index (χ3v) is 10.9. The normalized spacial score (nSPS) is 19.1. The number of likely N-dealkylation sites (tertiary alicyclic amines) is 1. The van der Waals surface area contributed by atoms with Crippen LogP contribution in [0.1, 0.15) is 79.7 Å². The number of carbonyl (C=O) groups excluding carboxylic acids is 4. The van der Waals surface area contributed by atoms with Gasteiger partial charge in [0.05, 0.1) is 42.7 Å². The second kappa shape index (κ2) is 21.5. The molecule has 306 valence electrons. The maximum atomic E-state index is 14.3. The summed E-state index contributed by atoms with van der Waals surface area (Å²) >= 11 is 0. The maximum Gasteiger partial charge on any atom is 0.326 e. The Morgan fingerprint density at radius 3 is 2.07 bits per heavy atom. The second-order valence-electron chi connectivity index (χ2n) is 15.7. The number of ether oxygens (including phenoxy) is 2. The number of amides is 4. The zero-order chi connectivity index (χ0) is 41.0. The van der Waals surface area contributed by atoms with Crippen LogP contribution in [-0.4, -0.2) is 134 Å². The zero-order valence-corrected chi connectivity index (χ0v) is 34.4. The van der Waals surface area contributed by atoms with E-state index in [0.717, 1.165) is 0 Å². The number of halogens is 1. The molecule has 0 spiro atoms. The molecule has 1 saturated heterocycles. The quantitative estimate of drug-likeness (QED) is 0.170. The van der Waals surface area contributed by atoms with Gasteiger partial charge in [-0.15, -0.1) is 0 Å². The highest BCUT2D eigenvalue weighted by Gasteiger charge is 2.43. The molecule has 1 heterocycles. The molecule has 0 aliphatic carbocycles. The van der Waals surface area contributed by atoms with E-state index in [9.17, 15) is 33.5 Å². The topological polar surface area (TPSA) is 158 Å². The number of carboxylic acid groups (broad SMARTS) is 1. The molecule has 54 heavy (non-hydrogen) atoms. The first-order valence-electron chi connectivity index (χ1n) is 19.2. The molecule has 3 N–H and O–H groups in total. The highest BCUT2D eigenvalue weighted by Crippen LogP contribution is 2.30. The number of nitrogens with one attached hydrogen (secondary N) is 2. The van der Waals surface area contributed by atoms with Crippen molar-refractivity contribution in [2.24, 2.45) is 23.7 Å². The molecule has 1 aliphatic rings. The van der Waals surface area contributed by atoms with Crippen LogP contribution in [0, 0.1) is 29.5 Å². The number of hydrogen-bond donors (Lipinski definition) is 3. The molecule has 14 heteroatoms. The summed E-state index contributed by atoms with van der Waals surface area (Å²) < 4.78 is 26.1. The van der Waals surface area contributed by atoms with Crippen molar-refractivity contribution >= 4 is 29.6 Å². The fraction of sp³-hybridized carbons (Fsp3) is 0.725. The van der Waals surface area contributed by atoms with Gasteiger partial charge >= 0.3 is 5.97 Å². The molecule has 1 fully saturated rings. The van der Waals surface area contributed by atoms with Gasteiger partial charge in [0, 0.05) is 34.2 Å². The van der Waals surface area contributed by atoms with Gasteiger partial charge in [0.2, 0.25) is 23.6 Å². The van der Waals surface area contributed by atoms with Gasteiger partial charge in [0.25, 0.3) is 0 Å². The largest absolute Gasteiger partial charge is 0.480 e. The molecule has 0 bridgehead atoms. The summed E-state index contributed by atoms with van der Waals surface area (Å²) in [7, 11) is 8.33. The third-order valence-electron chi connectivity index (χ3n) is 10.9. The summed E-state index contributed by atoms with van der Waals surface area (Å²) in [6.45, 7) is 13.8. The lowest BCUT2D eigenvalue weighted by Crippen LogP contribution is -2.59. The van der Waals surface area contributed by atoms with Crippen LogP contribution in [0.2, 0.25) is 0 Å². The number of benzene rings is 1. The van der Waals surface area contributed by atoms with Crippen molar-refractivity contribution in [2.75, 3.05) is 41.9 Å². The van der Waals surface area contributed by atoms with E-state index in [4.69, 9.17) is 9.47 Å². The Bertz CT molecular complexity index is 1400. The number of carboxylic acids is 1. The van der Waals surface area contributed by atoms with Crippen molar-refractivity contribution in [1.82, 2.24) is 25.3 Å². The standard InChI is InChI=1S/C40H66FN5O8/c1-13-25(6)35(45(10)39(50)33(23(2)3)43-38(49)34(24(4)5)44(8)9)31(53-11)22-32(47)46-20-16-19-30(46)36(54-12)26(7)37(48)42-29(40(51)52)21-27-17-14-15-18-28(27)41/h14-15,17-18,23-26,29-31,33-36H,13,16,19-22H2,1-12H3,(H,42,48)(H,43,49)(H,51,52)/t25-,26+,29-,30-,31+,33-,34-,35-,36+/m0/s1. The number of rotatable bonds is 21. The van der Waals surface area contributed by atoms with Crippen LogP contribution in [0.5, 0.6) is 0 Å². The molecule has 1 aromatic rings. The second-order valence-corrected chi connectivity index (χ2v) is 15.7. The molecule has 1 aliphatic heterocycles. The van der Waals surface area contributed by atoms with Gasteiger partial charge in [-0.05, 0) is 56.3 Å². The summed E-state index contributed by atoms with van der Waals surface area (Å²) in [6.07, 6.45) is 0.192. The lowest BCUT2D eigenvalue weighted by Gasteiger charge is -2.41. The number of likely N-dealkylation sites (N-methyl/N-ethyl adjacent to an activating group) is 2. The number of carbonyl (C=O) groups is 5. The van der Waals surface area contributed by atoms with E-state index in [-0.39, 0.29) is 53.9 Å². The van der Waals surface area contributed by atoms with Crippen molar-refractivity contribution < 1.29 is 42.9 Å². The zero-order valence-electron chi connectivity index (χ0n) is 34.4. The first-order valence-corrected chi connectivity index (χ1v) is 19.2. The number of aliphatic carboxylic acids is 1. The van der Waals surface area contributed by atoms with Crippen LogP contribution in [-0.2, 0) is 39.9 Å². The first kappa shape index (κ1) is 46.5. The Balaban J connectivity index is 2.28. The summed E-state index contributed by atoms with van der Waals surface area (Å²) in [5.41, 5.74) is 0.165. The minimum absolute atomic E-state index is 0.0223. The summed E-state index contributed by atoms with van der Waals surface area (Å²) in [4.78, 5) is 72.4. The lowest BCUT2D eigenvalue weighted by molar-refractivity contribution is -0.148. The van der Waals surface area contributed by atoms with Crippen molar-refractivity contribution in [3.63, 3.8) is 0 Å². The Hall–Kier alpha value is -3.62. The lowest BCUT2D eigenvalue weighted by atomic mass is 9.89. The Kier molecular flexibility index (Phi) is 18.5. The van der Waals surface area contributed by atoms with Gasteiger partial charge < -0.3 is 35.0 Å². The Morgan fingerprint density at radius 1 is 0.944 bits per heavy atom. The van der Waals surface area contributed by atoms with E-state index < -0.39 is 66.0 Å². The van der Waals surface area contributed by atoms with Crippen LogP contribution < -0.4 is 10.6 Å². The van der Waals surface area contributed by atoms with Gasteiger partial charge in [-0.25, -0.2) is 9.18 Å². The van der Waals surface area contributed by atoms with E-state index in [0.29, 0.717) is 25.8 Å². The van der Waals surface area contributed by atoms with Crippen molar-refractivity contribution in [3.8, 4) is 0 Å². The average Bonchev–Trinajstić information content (AvgIpc) is 3.59. The van der Waals surface area contributed by atoms with Crippen LogP contribution in [0.3, 0.4) is 0 Å². The highest BCUT2D eigenvalue weighted by atomic mass is 19.1.